The number of pyridine rings is 2. The third kappa shape index (κ3) is 7.97. The first-order chi connectivity index (χ1) is 29.0. The molecule has 8 rings (SSSR count). The molecule has 2 fully saturated rings. The summed E-state index contributed by atoms with van der Waals surface area (Å²) in [5.41, 5.74) is 3.20. The van der Waals surface area contributed by atoms with Crippen molar-refractivity contribution < 1.29 is 23.6 Å². The van der Waals surface area contributed by atoms with Crippen molar-refractivity contribution >= 4 is 57.5 Å². The second kappa shape index (κ2) is 16.6. The van der Waals surface area contributed by atoms with Crippen molar-refractivity contribution in [1.29, 1.82) is 0 Å². The number of unbranched alkanes of at least 4 members (excludes halogenated alkanes) is 3. The smallest absolute Gasteiger partial charge is 0.329 e. The number of imide groups is 1. The summed E-state index contributed by atoms with van der Waals surface area (Å²) >= 11 is 0. The molecule has 3 atom stereocenters. The number of carbonyl (C=O) groups is 4. The molecule has 6 heterocycles. The number of anilines is 3. The average molecular weight is 819 g/mol. The lowest BCUT2D eigenvalue weighted by molar-refractivity contribution is -0.135. The zero-order valence-electron chi connectivity index (χ0n) is 32.9. The molecule has 1 saturated heterocycles. The fourth-order valence-corrected chi connectivity index (χ4v) is 7.43. The van der Waals surface area contributed by atoms with E-state index < -0.39 is 35.6 Å². The number of nitrogens with one attached hydrogen (secondary N) is 5. The van der Waals surface area contributed by atoms with Gasteiger partial charge in [-0.05, 0) is 67.6 Å². The number of nitrogens with zero attached hydrogens (tertiary/aromatic N) is 7. The molecule has 19 heteroatoms. The van der Waals surface area contributed by atoms with Crippen LogP contribution in [0.2, 0.25) is 0 Å². The number of alkyl halides is 1. The van der Waals surface area contributed by atoms with Crippen LogP contribution in [0.15, 0.2) is 76.7 Å². The van der Waals surface area contributed by atoms with Crippen LogP contribution in [0, 0.1) is 0 Å². The number of rotatable bonds is 15. The van der Waals surface area contributed by atoms with Crippen molar-refractivity contribution in [1.82, 2.24) is 49.2 Å². The molecule has 0 spiro atoms. The van der Waals surface area contributed by atoms with Crippen molar-refractivity contribution in [2.75, 3.05) is 24.2 Å². The number of carbonyl (C=O) groups excluding carboxylic acids is 4. The van der Waals surface area contributed by atoms with E-state index in [1.54, 1.807) is 38.4 Å². The Hall–Kier alpha value is -7.18. The Morgan fingerprint density at radius 2 is 1.77 bits per heavy atom. The molecular formula is C41H43FN12O6. The zero-order chi connectivity index (χ0) is 42.1. The number of halogens is 1. The normalized spacial score (nSPS) is 17.4. The number of piperidine rings is 1. The first kappa shape index (κ1) is 39.6. The molecule has 1 aliphatic heterocycles. The van der Waals surface area contributed by atoms with Crippen LogP contribution in [0.1, 0.15) is 77.4 Å². The van der Waals surface area contributed by atoms with Gasteiger partial charge in [0, 0.05) is 57.5 Å². The van der Waals surface area contributed by atoms with E-state index >= 15 is 0 Å². The SMILES string of the molecule is CNc1cc(Nc2cccn(-c3cc(C(=O)NCCCCCCc4ccc5c(c4)n(C)c(=O)n5C4CCC(=O)NC4=O)ccn3)c2=O)nn2c(C(=O)N[C@@H]3C[C@@H]3F)cnc12. The fourth-order valence-electron chi connectivity index (χ4n) is 7.43. The second-order valence-corrected chi connectivity index (χ2v) is 15.0. The van der Waals surface area contributed by atoms with E-state index in [0.29, 0.717) is 29.0 Å². The number of imidazole rings is 2. The molecule has 5 N–H and O–H groups in total. The van der Waals surface area contributed by atoms with Gasteiger partial charge in [-0.2, -0.15) is 0 Å². The second-order valence-electron chi connectivity index (χ2n) is 15.0. The van der Waals surface area contributed by atoms with Gasteiger partial charge in [-0.1, -0.05) is 18.9 Å². The highest BCUT2D eigenvalue weighted by molar-refractivity contribution is 6.00. The van der Waals surface area contributed by atoms with E-state index in [1.165, 1.54) is 42.9 Å². The fraction of sp³-hybridized carbons (Fsp3) is 0.341. The topological polar surface area (TPSA) is 220 Å². The van der Waals surface area contributed by atoms with Crippen molar-refractivity contribution in [3.05, 3.63) is 105 Å². The minimum absolute atomic E-state index is 0.109. The third-order valence-electron chi connectivity index (χ3n) is 10.8. The number of amides is 4. The predicted molar refractivity (Wildman–Crippen MR) is 220 cm³/mol. The average Bonchev–Trinajstić information content (AvgIpc) is 3.65. The number of benzene rings is 1. The first-order valence-electron chi connectivity index (χ1n) is 19.8. The maximum Gasteiger partial charge on any atom is 0.329 e. The number of aromatic nitrogens is 7. The highest BCUT2D eigenvalue weighted by Gasteiger charge is 2.39. The molecule has 0 bridgehead atoms. The number of fused-ring (bicyclic) bond motifs is 2. The lowest BCUT2D eigenvalue weighted by Crippen LogP contribution is -2.44. The van der Waals surface area contributed by atoms with E-state index in [-0.39, 0.29) is 59.8 Å². The Morgan fingerprint density at radius 3 is 2.55 bits per heavy atom. The largest absolute Gasteiger partial charge is 0.385 e. The van der Waals surface area contributed by atoms with Gasteiger partial charge in [0.25, 0.3) is 17.4 Å². The number of hydrogen-bond acceptors (Lipinski definition) is 11. The van der Waals surface area contributed by atoms with Crippen LogP contribution in [-0.2, 0) is 23.1 Å². The van der Waals surface area contributed by atoms with Crippen molar-refractivity contribution in [3.63, 3.8) is 0 Å². The van der Waals surface area contributed by atoms with Crippen LogP contribution >= 0.6 is 0 Å². The highest BCUT2D eigenvalue weighted by atomic mass is 19.1. The molecule has 1 aliphatic carbocycles. The minimum Gasteiger partial charge on any atom is -0.385 e. The van der Waals surface area contributed by atoms with Crippen molar-refractivity contribution in [3.8, 4) is 5.82 Å². The summed E-state index contributed by atoms with van der Waals surface area (Å²) in [6.07, 6.45) is 8.29. The summed E-state index contributed by atoms with van der Waals surface area (Å²) < 4.78 is 19.1. The van der Waals surface area contributed by atoms with Gasteiger partial charge < -0.3 is 21.3 Å². The molecule has 310 valence electrons. The van der Waals surface area contributed by atoms with Gasteiger partial charge in [0.2, 0.25) is 11.8 Å². The molecule has 60 heavy (non-hydrogen) atoms. The molecule has 0 radical (unpaired) electrons. The monoisotopic (exact) mass is 818 g/mol. The lowest BCUT2D eigenvalue weighted by atomic mass is 10.0. The van der Waals surface area contributed by atoms with E-state index in [0.717, 1.165) is 43.2 Å². The molecule has 5 aromatic heterocycles. The summed E-state index contributed by atoms with van der Waals surface area (Å²) in [6.45, 7) is 0.459. The van der Waals surface area contributed by atoms with Gasteiger partial charge >= 0.3 is 5.69 Å². The van der Waals surface area contributed by atoms with Crippen molar-refractivity contribution in [2.45, 2.75) is 69.6 Å². The summed E-state index contributed by atoms with van der Waals surface area (Å²) in [7, 11) is 3.36. The van der Waals surface area contributed by atoms with Gasteiger partial charge in [-0.25, -0.2) is 23.7 Å². The lowest BCUT2D eigenvalue weighted by Gasteiger charge is -2.21. The van der Waals surface area contributed by atoms with E-state index in [9.17, 15) is 33.2 Å². The Balaban J connectivity index is 0.846. The van der Waals surface area contributed by atoms with Gasteiger partial charge in [-0.15, -0.1) is 5.10 Å². The van der Waals surface area contributed by atoms with Crippen LogP contribution in [0.5, 0.6) is 0 Å². The Bertz CT molecular complexity index is 2790. The number of aryl methyl sites for hydroxylation is 2. The van der Waals surface area contributed by atoms with Gasteiger partial charge in [-0.3, -0.25) is 43.0 Å². The summed E-state index contributed by atoms with van der Waals surface area (Å²) in [6, 6.07) is 12.5. The Kier molecular flexibility index (Phi) is 11.0. The molecule has 18 nitrogen and oxygen atoms in total. The van der Waals surface area contributed by atoms with Crippen LogP contribution < -0.4 is 37.8 Å². The summed E-state index contributed by atoms with van der Waals surface area (Å²) in [5, 5.41) is 18.4. The van der Waals surface area contributed by atoms with E-state index in [4.69, 9.17) is 0 Å². The molecule has 6 aromatic rings. The summed E-state index contributed by atoms with van der Waals surface area (Å²) in [4.78, 5) is 85.5. The third-order valence-corrected chi connectivity index (χ3v) is 10.8. The summed E-state index contributed by atoms with van der Waals surface area (Å²) in [5.74, 6) is -1.14. The molecule has 2 aliphatic rings. The zero-order valence-corrected chi connectivity index (χ0v) is 32.9. The molecule has 1 aromatic carbocycles. The standard InChI is InChI=1S/C41H43FN12O6/c1-43-28-21-33(50-54-32(22-46-36(28)54)39(58)48-27-20-25(27)42)47-26-9-7-17-52(40(26)59)34-19-24(14-16-44-34)37(56)45-15-6-4-3-5-8-23-10-11-29-31(18-23)51(2)41(60)53(29)30-12-13-35(55)49-38(30)57/h7,9-11,14,16-19,21-22,25,27,30,43H,3-6,8,12-13,15,20H2,1-2H3,(H,45,56)(H,47,50)(H,48,58)(H,49,55,57)/t25-,27+,30?/m0/s1. The maximum atomic E-state index is 13.7. The minimum atomic E-state index is -1.07. The Morgan fingerprint density at radius 1 is 0.950 bits per heavy atom. The number of hydrogen-bond donors (Lipinski definition) is 5. The Labute approximate surface area is 341 Å². The molecule has 4 amide bonds. The quantitative estimate of drug-likeness (QED) is 0.0749. The molecule has 1 unspecified atom stereocenters. The first-order valence-corrected chi connectivity index (χ1v) is 19.8. The molecule has 1 saturated carbocycles. The maximum absolute atomic E-state index is 13.7. The van der Waals surface area contributed by atoms with Gasteiger partial charge in [0.1, 0.15) is 23.7 Å². The van der Waals surface area contributed by atoms with Crippen LogP contribution in [0.25, 0.3) is 22.5 Å². The van der Waals surface area contributed by atoms with E-state index in [2.05, 4.69) is 41.7 Å². The highest BCUT2D eigenvalue weighted by Crippen LogP contribution is 2.27. The van der Waals surface area contributed by atoms with Gasteiger partial charge in [0.05, 0.1) is 29.0 Å². The van der Waals surface area contributed by atoms with Crippen molar-refractivity contribution in [2.24, 2.45) is 7.05 Å². The van der Waals surface area contributed by atoms with Gasteiger partial charge in [0.15, 0.2) is 17.2 Å². The predicted octanol–water partition coefficient (Wildman–Crippen LogP) is 3.06. The van der Waals surface area contributed by atoms with Crippen LogP contribution in [0.3, 0.4) is 0 Å². The van der Waals surface area contributed by atoms with Crippen LogP contribution in [0.4, 0.5) is 21.6 Å². The van der Waals surface area contributed by atoms with E-state index in [1.807, 2.05) is 18.2 Å². The molecular weight excluding hydrogens is 776 g/mol. The van der Waals surface area contributed by atoms with Crippen LogP contribution in [-0.4, -0.2) is 82.7 Å².